The van der Waals surface area contributed by atoms with Gasteiger partial charge < -0.3 is 9.84 Å². The lowest BCUT2D eigenvalue weighted by Crippen LogP contribution is -2.35. The molecular weight excluding hydrogens is 221 g/mol. The molecule has 0 unspecified atom stereocenters. The first kappa shape index (κ1) is 12.3. The molecule has 0 saturated carbocycles. The van der Waals surface area contributed by atoms with Crippen LogP contribution in [0.4, 0.5) is 4.39 Å². The fraction of sp³-hybridized carbons (Fsp3) is 0.538. The van der Waals surface area contributed by atoms with Gasteiger partial charge >= 0.3 is 0 Å². The van der Waals surface area contributed by atoms with E-state index in [2.05, 4.69) is 4.90 Å². The number of hydrogen-bond donors (Lipinski definition) is 1. The van der Waals surface area contributed by atoms with Gasteiger partial charge in [-0.1, -0.05) is 0 Å². The molecule has 2 rings (SSSR count). The molecule has 1 fully saturated rings. The number of ether oxygens (including phenoxy) is 1. The lowest BCUT2D eigenvalue weighted by atomic mass is 10.2. The normalized spacial score (nSPS) is 20.7. The Bertz CT molecular complexity index is 342. The van der Waals surface area contributed by atoms with E-state index in [1.54, 1.807) is 12.1 Å². The van der Waals surface area contributed by atoms with Gasteiger partial charge in [0.15, 0.2) is 0 Å². The average Bonchev–Trinajstić information content (AvgIpc) is 2.79. The Balaban J connectivity index is 1.74. The zero-order chi connectivity index (χ0) is 12.1. The van der Waals surface area contributed by atoms with Crippen LogP contribution in [-0.4, -0.2) is 42.4 Å². The van der Waals surface area contributed by atoms with Crippen LogP contribution >= 0.6 is 0 Å². The molecule has 1 atom stereocenters. The summed E-state index contributed by atoms with van der Waals surface area (Å²) in [5.41, 5.74) is 0. The van der Waals surface area contributed by atoms with Gasteiger partial charge in [-0.2, -0.15) is 0 Å². The molecule has 94 valence electrons. The van der Waals surface area contributed by atoms with E-state index in [0.717, 1.165) is 25.9 Å². The van der Waals surface area contributed by atoms with Crippen LogP contribution in [0.5, 0.6) is 5.75 Å². The number of halogens is 1. The SMILES string of the molecule is OC[C@H]1CCCN1CCOc1ccc(F)cc1. The Morgan fingerprint density at radius 3 is 2.82 bits per heavy atom. The fourth-order valence-corrected chi connectivity index (χ4v) is 2.21. The standard InChI is InChI=1S/C13H18FNO2/c14-11-3-5-13(6-4-11)17-9-8-15-7-1-2-12(15)10-16/h3-6,12,16H,1-2,7-10H2/t12-/m1/s1. The van der Waals surface area contributed by atoms with Gasteiger partial charge in [-0.3, -0.25) is 4.90 Å². The molecule has 3 nitrogen and oxygen atoms in total. The zero-order valence-electron chi connectivity index (χ0n) is 9.81. The van der Waals surface area contributed by atoms with Crippen LogP contribution in [0.2, 0.25) is 0 Å². The molecular formula is C13H18FNO2. The summed E-state index contributed by atoms with van der Waals surface area (Å²) in [4.78, 5) is 2.24. The van der Waals surface area contributed by atoms with Crippen molar-refractivity contribution in [1.29, 1.82) is 0 Å². The summed E-state index contributed by atoms with van der Waals surface area (Å²) in [7, 11) is 0. The topological polar surface area (TPSA) is 32.7 Å². The lowest BCUT2D eigenvalue weighted by molar-refractivity contribution is 0.139. The van der Waals surface area contributed by atoms with Crippen LogP contribution in [0.1, 0.15) is 12.8 Å². The van der Waals surface area contributed by atoms with Gasteiger partial charge in [-0.15, -0.1) is 0 Å². The van der Waals surface area contributed by atoms with Crippen LogP contribution in [0.25, 0.3) is 0 Å². The van der Waals surface area contributed by atoms with Crippen LogP contribution < -0.4 is 4.74 Å². The zero-order valence-corrected chi connectivity index (χ0v) is 9.81. The highest BCUT2D eigenvalue weighted by molar-refractivity contribution is 5.21. The third kappa shape index (κ3) is 3.41. The molecule has 4 heteroatoms. The van der Waals surface area contributed by atoms with E-state index in [1.807, 2.05) is 0 Å². The lowest BCUT2D eigenvalue weighted by Gasteiger charge is -2.22. The largest absolute Gasteiger partial charge is 0.492 e. The van der Waals surface area contributed by atoms with E-state index in [0.29, 0.717) is 12.4 Å². The maximum atomic E-state index is 12.7. The van der Waals surface area contributed by atoms with Crippen LogP contribution in [0, 0.1) is 5.82 Å². The summed E-state index contributed by atoms with van der Waals surface area (Å²) >= 11 is 0. The minimum atomic E-state index is -0.253. The number of benzene rings is 1. The van der Waals surface area contributed by atoms with E-state index in [9.17, 15) is 4.39 Å². The number of aliphatic hydroxyl groups is 1. The molecule has 0 radical (unpaired) electrons. The van der Waals surface area contributed by atoms with E-state index < -0.39 is 0 Å². The monoisotopic (exact) mass is 239 g/mol. The first-order valence-corrected chi connectivity index (χ1v) is 6.03. The predicted octanol–water partition coefficient (Wildman–Crippen LogP) is 1.66. The highest BCUT2D eigenvalue weighted by Gasteiger charge is 2.22. The highest BCUT2D eigenvalue weighted by Crippen LogP contribution is 2.16. The molecule has 0 spiro atoms. The molecule has 1 aliphatic heterocycles. The minimum Gasteiger partial charge on any atom is -0.492 e. The van der Waals surface area contributed by atoms with Crippen LogP contribution in [0.3, 0.4) is 0 Å². The van der Waals surface area contributed by atoms with Gasteiger partial charge in [-0.05, 0) is 43.7 Å². The summed E-state index contributed by atoms with van der Waals surface area (Å²) < 4.78 is 18.2. The van der Waals surface area contributed by atoms with Gasteiger partial charge in [-0.25, -0.2) is 4.39 Å². The number of nitrogens with zero attached hydrogens (tertiary/aromatic N) is 1. The highest BCUT2D eigenvalue weighted by atomic mass is 19.1. The van der Waals surface area contributed by atoms with Crippen molar-refractivity contribution in [3.8, 4) is 5.75 Å². The Labute approximate surface area is 101 Å². The maximum absolute atomic E-state index is 12.7. The molecule has 1 aromatic carbocycles. The summed E-state index contributed by atoms with van der Waals surface area (Å²) in [5, 5.41) is 9.16. The molecule has 0 bridgehead atoms. The van der Waals surface area contributed by atoms with Gasteiger partial charge in [0.2, 0.25) is 0 Å². The van der Waals surface area contributed by atoms with Gasteiger partial charge in [0, 0.05) is 12.6 Å². The van der Waals surface area contributed by atoms with Gasteiger partial charge in [0.25, 0.3) is 0 Å². The summed E-state index contributed by atoms with van der Waals surface area (Å²) in [6.07, 6.45) is 2.20. The minimum absolute atomic E-state index is 0.219. The van der Waals surface area contributed by atoms with Crippen molar-refractivity contribution in [2.24, 2.45) is 0 Å². The van der Waals surface area contributed by atoms with Crippen molar-refractivity contribution in [1.82, 2.24) is 4.90 Å². The molecule has 1 aromatic rings. The Morgan fingerprint density at radius 1 is 1.35 bits per heavy atom. The van der Waals surface area contributed by atoms with Crippen molar-refractivity contribution in [3.05, 3.63) is 30.1 Å². The second-order valence-electron chi connectivity index (χ2n) is 4.32. The second kappa shape index (κ2) is 5.98. The Hall–Kier alpha value is -1.13. The Morgan fingerprint density at radius 2 is 2.12 bits per heavy atom. The summed E-state index contributed by atoms with van der Waals surface area (Å²) in [5.74, 6) is 0.434. The smallest absolute Gasteiger partial charge is 0.123 e. The summed E-state index contributed by atoms with van der Waals surface area (Å²) in [6, 6.07) is 6.32. The molecule has 1 aliphatic rings. The maximum Gasteiger partial charge on any atom is 0.123 e. The number of rotatable bonds is 5. The quantitative estimate of drug-likeness (QED) is 0.848. The number of aliphatic hydroxyl groups excluding tert-OH is 1. The van der Waals surface area contributed by atoms with Crippen molar-refractivity contribution in [2.75, 3.05) is 26.3 Å². The molecule has 17 heavy (non-hydrogen) atoms. The van der Waals surface area contributed by atoms with E-state index in [4.69, 9.17) is 9.84 Å². The van der Waals surface area contributed by atoms with E-state index in [-0.39, 0.29) is 18.5 Å². The van der Waals surface area contributed by atoms with E-state index in [1.165, 1.54) is 12.1 Å². The summed E-state index contributed by atoms with van der Waals surface area (Å²) in [6.45, 7) is 2.62. The molecule has 1 N–H and O–H groups in total. The first-order valence-electron chi connectivity index (χ1n) is 6.03. The van der Waals surface area contributed by atoms with Crippen molar-refractivity contribution < 1.29 is 14.2 Å². The fourth-order valence-electron chi connectivity index (χ4n) is 2.21. The average molecular weight is 239 g/mol. The molecule has 0 aliphatic carbocycles. The van der Waals surface area contributed by atoms with Gasteiger partial charge in [0.05, 0.1) is 6.61 Å². The van der Waals surface area contributed by atoms with Gasteiger partial charge in [0.1, 0.15) is 18.2 Å². The van der Waals surface area contributed by atoms with Crippen LogP contribution in [0.15, 0.2) is 24.3 Å². The van der Waals surface area contributed by atoms with Crippen molar-refractivity contribution in [2.45, 2.75) is 18.9 Å². The van der Waals surface area contributed by atoms with Crippen molar-refractivity contribution >= 4 is 0 Å². The Kier molecular flexibility index (Phi) is 4.34. The molecule has 0 amide bonds. The van der Waals surface area contributed by atoms with Crippen molar-refractivity contribution in [3.63, 3.8) is 0 Å². The van der Waals surface area contributed by atoms with Crippen LogP contribution in [-0.2, 0) is 0 Å². The molecule has 1 saturated heterocycles. The number of hydrogen-bond acceptors (Lipinski definition) is 3. The third-order valence-corrected chi connectivity index (χ3v) is 3.17. The molecule has 0 aromatic heterocycles. The predicted molar refractivity (Wildman–Crippen MR) is 63.6 cm³/mol. The number of likely N-dealkylation sites (tertiary alicyclic amines) is 1. The van der Waals surface area contributed by atoms with E-state index >= 15 is 0 Å². The first-order chi connectivity index (χ1) is 8.29. The second-order valence-corrected chi connectivity index (χ2v) is 4.32. The molecule has 1 heterocycles. The third-order valence-electron chi connectivity index (χ3n) is 3.17.